The van der Waals surface area contributed by atoms with Gasteiger partial charge in [0, 0.05) is 24.0 Å². The molecule has 2 heterocycles. The van der Waals surface area contributed by atoms with Crippen molar-refractivity contribution < 1.29 is 0 Å². The molecule has 5 heteroatoms. The molecular weight excluding hydrogens is 168 g/mol. The average Bonchev–Trinajstić information content (AvgIpc) is 2.16. The Bertz CT molecular complexity index is 450. The number of anilines is 1. The summed E-state index contributed by atoms with van der Waals surface area (Å²) >= 11 is 0. The van der Waals surface area contributed by atoms with Gasteiger partial charge in [-0.3, -0.25) is 4.79 Å². The van der Waals surface area contributed by atoms with Gasteiger partial charge in [-0.1, -0.05) is 0 Å². The number of nitrogens with one attached hydrogen (secondary N) is 2. The quantitative estimate of drug-likeness (QED) is 0.427. The second-order valence-corrected chi connectivity index (χ2v) is 2.60. The van der Waals surface area contributed by atoms with Crippen LogP contribution in [0.3, 0.4) is 0 Å². The third kappa shape index (κ3) is 1.25. The lowest BCUT2D eigenvalue weighted by atomic mass is 10.1. The van der Waals surface area contributed by atoms with E-state index in [2.05, 4.69) is 15.4 Å². The third-order valence-electron chi connectivity index (χ3n) is 1.79. The van der Waals surface area contributed by atoms with E-state index in [4.69, 9.17) is 5.84 Å². The van der Waals surface area contributed by atoms with Crippen LogP contribution in [-0.2, 0) is 0 Å². The SMILES string of the molecule is NNc1nc(=O)cc2cc[nH]cc1-2. The summed E-state index contributed by atoms with van der Waals surface area (Å²) in [7, 11) is 0. The number of nitrogens with two attached hydrogens (primary N) is 1. The van der Waals surface area contributed by atoms with Gasteiger partial charge in [0.2, 0.25) is 0 Å². The van der Waals surface area contributed by atoms with E-state index in [1.165, 1.54) is 6.07 Å². The highest BCUT2D eigenvalue weighted by molar-refractivity contribution is 5.74. The van der Waals surface area contributed by atoms with E-state index in [0.29, 0.717) is 5.82 Å². The molecule has 0 fully saturated rings. The second kappa shape index (κ2) is 2.87. The number of nitrogens with zero attached hydrogens (tertiary/aromatic N) is 1. The van der Waals surface area contributed by atoms with Gasteiger partial charge in [-0.25, -0.2) is 5.84 Å². The zero-order chi connectivity index (χ0) is 9.26. The number of aromatic nitrogens is 2. The van der Waals surface area contributed by atoms with Crippen LogP contribution in [0.2, 0.25) is 0 Å². The maximum Gasteiger partial charge on any atom is 0.272 e. The topological polar surface area (TPSA) is 83.8 Å². The molecule has 0 atom stereocenters. The van der Waals surface area contributed by atoms with Gasteiger partial charge in [-0.15, -0.1) is 0 Å². The van der Waals surface area contributed by atoms with E-state index in [1.807, 2.05) is 0 Å². The first-order chi connectivity index (χ1) is 6.31. The van der Waals surface area contributed by atoms with Gasteiger partial charge in [0.15, 0.2) is 5.82 Å². The largest absolute Gasteiger partial charge is 0.367 e. The first-order valence-electron chi connectivity index (χ1n) is 3.76. The summed E-state index contributed by atoms with van der Waals surface area (Å²) in [6.07, 6.45) is 3.47. The number of hydrogen-bond donors (Lipinski definition) is 3. The summed E-state index contributed by atoms with van der Waals surface area (Å²) < 4.78 is 0. The van der Waals surface area contributed by atoms with Crippen molar-refractivity contribution >= 4 is 5.82 Å². The molecule has 13 heavy (non-hydrogen) atoms. The molecule has 0 unspecified atom stereocenters. The molecule has 5 nitrogen and oxygen atoms in total. The number of rotatable bonds is 1. The normalized spacial score (nSPS) is 10.2. The van der Waals surface area contributed by atoms with E-state index in [0.717, 1.165) is 11.1 Å². The second-order valence-electron chi connectivity index (χ2n) is 2.60. The van der Waals surface area contributed by atoms with Crippen LogP contribution < -0.4 is 16.8 Å². The van der Waals surface area contributed by atoms with E-state index < -0.39 is 0 Å². The van der Waals surface area contributed by atoms with E-state index in [-0.39, 0.29) is 5.56 Å². The van der Waals surface area contributed by atoms with Crippen molar-refractivity contribution in [3.05, 3.63) is 34.9 Å². The van der Waals surface area contributed by atoms with Gasteiger partial charge in [0.1, 0.15) is 0 Å². The fraction of sp³-hybridized carbons (Fsp3) is 0. The number of hydrazine groups is 1. The molecule has 0 aliphatic carbocycles. The fourth-order valence-corrected chi connectivity index (χ4v) is 1.22. The molecule has 4 N–H and O–H groups in total. The Morgan fingerprint density at radius 2 is 2.38 bits per heavy atom. The lowest BCUT2D eigenvalue weighted by molar-refractivity contribution is 1.17. The molecule has 0 saturated carbocycles. The van der Waals surface area contributed by atoms with Crippen LogP contribution in [0.1, 0.15) is 0 Å². The van der Waals surface area contributed by atoms with Crippen molar-refractivity contribution in [2.24, 2.45) is 5.84 Å². The molecule has 0 amide bonds. The maximum atomic E-state index is 11.0. The molecule has 66 valence electrons. The highest BCUT2D eigenvalue weighted by atomic mass is 16.1. The molecule has 0 radical (unpaired) electrons. The number of H-pyrrole nitrogens is 1. The molecule has 0 aromatic carbocycles. The Morgan fingerprint density at radius 1 is 1.54 bits per heavy atom. The van der Waals surface area contributed by atoms with Crippen LogP contribution in [-0.4, -0.2) is 9.97 Å². The monoisotopic (exact) mass is 176 g/mol. The fourth-order valence-electron chi connectivity index (χ4n) is 1.22. The average molecular weight is 176 g/mol. The van der Waals surface area contributed by atoms with Crippen molar-refractivity contribution in [2.75, 3.05) is 5.43 Å². The van der Waals surface area contributed by atoms with Gasteiger partial charge in [0.25, 0.3) is 5.56 Å². The molecule has 0 aromatic heterocycles. The Balaban J connectivity index is 2.80. The molecule has 0 saturated heterocycles. The van der Waals surface area contributed by atoms with Gasteiger partial charge in [-0.05, 0) is 11.6 Å². The Morgan fingerprint density at radius 3 is 3.15 bits per heavy atom. The van der Waals surface area contributed by atoms with Crippen LogP contribution in [0.4, 0.5) is 5.82 Å². The summed E-state index contributed by atoms with van der Waals surface area (Å²) in [6.45, 7) is 0. The summed E-state index contributed by atoms with van der Waals surface area (Å²) in [5.41, 5.74) is 3.69. The number of hydrogen-bond acceptors (Lipinski definition) is 4. The van der Waals surface area contributed by atoms with Crippen LogP contribution in [0, 0.1) is 0 Å². The molecule has 0 spiro atoms. The predicted octanol–water partition coefficient (Wildman–Crippen LogP) is 0.160. The van der Waals surface area contributed by atoms with Gasteiger partial charge >= 0.3 is 0 Å². The van der Waals surface area contributed by atoms with Crippen LogP contribution in [0.25, 0.3) is 11.1 Å². The van der Waals surface area contributed by atoms with Crippen molar-refractivity contribution in [2.45, 2.75) is 0 Å². The predicted molar refractivity (Wildman–Crippen MR) is 49.3 cm³/mol. The number of aromatic amines is 1. The lowest BCUT2D eigenvalue weighted by Crippen LogP contribution is -2.16. The maximum absolute atomic E-state index is 11.0. The Labute approximate surface area is 73.9 Å². The standard InChI is InChI=1S/C8H8N4O/c9-12-8-6-4-10-2-1-5(6)3-7(13)11-8/h1-4,10H,9H2,(H,11,12,13). The van der Waals surface area contributed by atoms with E-state index in [9.17, 15) is 4.79 Å². The van der Waals surface area contributed by atoms with Crippen molar-refractivity contribution in [1.29, 1.82) is 0 Å². The van der Waals surface area contributed by atoms with Crippen LogP contribution in [0.15, 0.2) is 29.3 Å². The van der Waals surface area contributed by atoms with Gasteiger partial charge < -0.3 is 10.4 Å². The summed E-state index contributed by atoms with van der Waals surface area (Å²) in [5.74, 6) is 5.61. The summed E-state index contributed by atoms with van der Waals surface area (Å²) in [6, 6.07) is 3.25. The summed E-state index contributed by atoms with van der Waals surface area (Å²) in [5, 5.41) is 0. The number of fused-ring (bicyclic) bond motifs is 1. The zero-order valence-corrected chi connectivity index (χ0v) is 6.74. The minimum atomic E-state index is -0.299. The lowest BCUT2D eigenvalue weighted by Gasteiger charge is -2.07. The van der Waals surface area contributed by atoms with Crippen molar-refractivity contribution in [1.82, 2.24) is 9.97 Å². The minimum Gasteiger partial charge on any atom is -0.367 e. The van der Waals surface area contributed by atoms with Crippen LogP contribution in [0.5, 0.6) is 0 Å². The minimum absolute atomic E-state index is 0.299. The van der Waals surface area contributed by atoms with Crippen LogP contribution >= 0.6 is 0 Å². The Kier molecular flexibility index (Phi) is 1.71. The molecule has 2 rings (SSSR count). The first-order valence-corrected chi connectivity index (χ1v) is 3.76. The smallest absolute Gasteiger partial charge is 0.272 e. The van der Waals surface area contributed by atoms with Gasteiger partial charge in [0.05, 0.1) is 0 Å². The van der Waals surface area contributed by atoms with E-state index in [1.54, 1.807) is 18.5 Å². The first kappa shape index (κ1) is 7.75. The number of nitrogen functional groups attached to an aromatic ring is 1. The van der Waals surface area contributed by atoms with Gasteiger partial charge in [-0.2, -0.15) is 4.98 Å². The Hall–Kier alpha value is -1.88. The molecular formula is C8H8N4O. The molecule has 0 aromatic rings. The highest BCUT2D eigenvalue weighted by Crippen LogP contribution is 2.23. The molecule has 0 bridgehead atoms. The zero-order valence-electron chi connectivity index (χ0n) is 6.74. The molecule has 2 aliphatic rings. The summed E-state index contributed by atoms with van der Waals surface area (Å²) in [4.78, 5) is 17.6. The molecule has 2 aliphatic heterocycles. The highest BCUT2D eigenvalue weighted by Gasteiger charge is 2.08. The van der Waals surface area contributed by atoms with E-state index >= 15 is 0 Å². The van der Waals surface area contributed by atoms with Crippen molar-refractivity contribution in [3.63, 3.8) is 0 Å². The van der Waals surface area contributed by atoms with Crippen molar-refractivity contribution in [3.8, 4) is 11.1 Å². The number of pyridine rings is 2. The third-order valence-corrected chi connectivity index (χ3v) is 1.79.